The largest absolute Gasteiger partial charge is 0.366 e. The van der Waals surface area contributed by atoms with Crippen LogP contribution in [0.2, 0.25) is 0 Å². The molecule has 0 saturated heterocycles. The van der Waals surface area contributed by atoms with Crippen molar-refractivity contribution in [2.75, 3.05) is 18.4 Å². The van der Waals surface area contributed by atoms with Gasteiger partial charge in [-0.2, -0.15) is 0 Å². The summed E-state index contributed by atoms with van der Waals surface area (Å²) < 4.78 is 0. The van der Waals surface area contributed by atoms with E-state index in [2.05, 4.69) is 15.6 Å². The molecule has 0 aromatic heterocycles. The highest BCUT2D eigenvalue weighted by Crippen LogP contribution is 2.22. The summed E-state index contributed by atoms with van der Waals surface area (Å²) in [5, 5.41) is 8.09. The van der Waals surface area contributed by atoms with Crippen LogP contribution in [0.15, 0.2) is 47.5 Å². The minimum atomic E-state index is -0.170. The van der Waals surface area contributed by atoms with Crippen molar-refractivity contribution >= 4 is 28.2 Å². The predicted octanol–water partition coefficient (Wildman–Crippen LogP) is 2.17. The number of carbonyl (C=O) groups excluding carboxylic acids is 1. The molecule has 2 aromatic rings. The molecule has 4 nitrogen and oxygen atoms in total. The van der Waals surface area contributed by atoms with Crippen LogP contribution in [0.25, 0.3) is 10.8 Å². The summed E-state index contributed by atoms with van der Waals surface area (Å²) in [5.41, 5.74) is 0.818. The van der Waals surface area contributed by atoms with Gasteiger partial charge in [0.05, 0.1) is 0 Å². The molecule has 0 saturated carbocycles. The van der Waals surface area contributed by atoms with Crippen molar-refractivity contribution in [1.82, 2.24) is 5.32 Å². The monoisotopic (exact) mass is 253 g/mol. The van der Waals surface area contributed by atoms with E-state index in [1.165, 1.54) is 0 Å². The van der Waals surface area contributed by atoms with Gasteiger partial charge in [0.1, 0.15) is 0 Å². The van der Waals surface area contributed by atoms with E-state index < -0.39 is 0 Å². The molecule has 2 aromatic carbocycles. The van der Waals surface area contributed by atoms with E-state index in [9.17, 15) is 4.79 Å². The van der Waals surface area contributed by atoms with Gasteiger partial charge in [0.15, 0.2) is 5.84 Å². The first-order chi connectivity index (χ1) is 9.34. The van der Waals surface area contributed by atoms with E-state index in [-0.39, 0.29) is 5.91 Å². The highest BCUT2D eigenvalue weighted by Gasteiger charge is 2.14. The average Bonchev–Trinajstić information content (AvgIpc) is 2.48. The van der Waals surface area contributed by atoms with Gasteiger partial charge in [-0.1, -0.05) is 36.4 Å². The number of hydrogen-bond acceptors (Lipinski definition) is 3. The fraction of sp³-hybridized carbons (Fsp3) is 0.200. The summed E-state index contributed by atoms with van der Waals surface area (Å²) in [6, 6.07) is 13.9. The van der Waals surface area contributed by atoms with Gasteiger partial charge in [-0.15, -0.1) is 0 Å². The van der Waals surface area contributed by atoms with Gasteiger partial charge in [0, 0.05) is 24.2 Å². The molecule has 1 aliphatic rings. The van der Waals surface area contributed by atoms with Crippen LogP contribution in [0.1, 0.15) is 6.42 Å². The fourth-order valence-electron chi connectivity index (χ4n) is 2.20. The van der Waals surface area contributed by atoms with Gasteiger partial charge in [-0.25, -0.2) is 0 Å². The Kier molecular flexibility index (Phi) is 3.14. The van der Waals surface area contributed by atoms with Crippen LogP contribution >= 0.6 is 0 Å². The molecule has 19 heavy (non-hydrogen) atoms. The molecule has 3 rings (SSSR count). The molecule has 0 aliphatic carbocycles. The molecular formula is C15H15N3O. The molecule has 0 spiro atoms. The topological polar surface area (TPSA) is 53.5 Å². The molecule has 0 unspecified atom stereocenters. The lowest BCUT2D eigenvalue weighted by molar-refractivity contribution is -0.110. The van der Waals surface area contributed by atoms with Crippen LogP contribution in [0, 0.1) is 0 Å². The summed E-state index contributed by atoms with van der Waals surface area (Å²) in [4.78, 5) is 16.3. The Morgan fingerprint density at radius 3 is 2.84 bits per heavy atom. The first-order valence-corrected chi connectivity index (χ1v) is 6.42. The van der Waals surface area contributed by atoms with Crippen molar-refractivity contribution in [3.05, 3.63) is 42.5 Å². The van der Waals surface area contributed by atoms with E-state index in [4.69, 9.17) is 0 Å². The predicted molar refractivity (Wildman–Crippen MR) is 77.5 cm³/mol. The van der Waals surface area contributed by atoms with Crippen molar-refractivity contribution in [3.8, 4) is 0 Å². The van der Waals surface area contributed by atoms with Gasteiger partial charge in [0.2, 0.25) is 0 Å². The van der Waals surface area contributed by atoms with E-state index in [1.807, 2.05) is 42.5 Å². The van der Waals surface area contributed by atoms with E-state index in [0.717, 1.165) is 29.4 Å². The van der Waals surface area contributed by atoms with E-state index >= 15 is 0 Å². The van der Waals surface area contributed by atoms with Crippen LogP contribution in [0.4, 0.5) is 5.69 Å². The first kappa shape index (κ1) is 11.7. The normalized spacial score (nSPS) is 14.6. The number of carbonyl (C=O) groups is 1. The van der Waals surface area contributed by atoms with Crippen LogP contribution < -0.4 is 10.6 Å². The SMILES string of the molecule is O=C(Nc1cccc2ccccc12)C1=NCCCN1. The Morgan fingerprint density at radius 2 is 2.00 bits per heavy atom. The number of benzene rings is 2. The Labute approximate surface area is 111 Å². The van der Waals surface area contributed by atoms with Crippen molar-refractivity contribution < 1.29 is 4.79 Å². The van der Waals surface area contributed by atoms with Crippen molar-refractivity contribution in [3.63, 3.8) is 0 Å². The molecule has 2 N–H and O–H groups in total. The zero-order valence-corrected chi connectivity index (χ0v) is 10.5. The molecule has 0 bridgehead atoms. The lowest BCUT2D eigenvalue weighted by atomic mass is 10.1. The minimum Gasteiger partial charge on any atom is -0.366 e. The number of aliphatic imine (C=N–C) groups is 1. The van der Waals surface area contributed by atoms with Gasteiger partial charge >= 0.3 is 0 Å². The number of nitrogens with one attached hydrogen (secondary N) is 2. The third-order valence-electron chi connectivity index (χ3n) is 3.15. The number of hydrogen-bond donors (Lipinski definition) is 2. The Morgan fingerprint density at radius 1 is 1.16 bits per heavy atom. The van der Waals surface area contributed by atoms with Crippen LogP contribution in [-0.4, -0.2) is 24.8 Å². The van der Waals surface area contributed by atoms with Gasteiger partial charge < -0.3 is 10.6 Å². The summed E-state index contributed by atoms with van der Waals surface area (Å²) in [6.07, 6.45) is 0.977. The molecule has 96 valence electrons. The average molecular weight is 253 g/mol. The maximum absolute atomic E-state index is 12.1. The summed E-state index contributed by atoms with van der Waals surface area (Å²) in [7, 11) is 0. The maximum Gasteiger partial charge on any atom is 0.290 e. The van der Waals surface area contributed by atoms with Crippen molar-refractivity contribution in [2.24, 2.45) is 4.99 Å². The number of amidine groups is 1. The highest BCUT2D eigenvalue weighted by atomic mass is 16.2. The molecule has 4 heteroatoms. The third kappa shape index (κ3) is 2.42. The number of amides is 1. The third-order valence-corrected chi connectivity index (χ3v) is 3.15. The molecule has 1 amide bonds. The second-order valence-electron chi connectivity index (χ2n) is 4.49. The van der Waals surface area contributed by atoms with Crippen molar-refractivity contribution in [1.29, 1.82) is 0 Å². The molecule has 1 aliphatic heterocycles. The second kappa shape index (κ2) is 5.10. The zero-order valence-electron chi connectivity index (χ0n) is 10.5. The molecule has 1 heterocycles. The summed E-state index contributed by atoms with van der Waals surface area (Å²) in [6.45, 7) is 1.52. The second-order valence-corrected chi connectivity index (χ2v) is 4.49. The Bertz CT molecular complexity index is 643. The van der Waals surface area contributed by atoms with Gasteiger partial charge in [-0.3, -0.25) is 9.79 Å². The number of nitrogens with zero attached hydrogens (tertiary/aromatic N) is 1. The summed E-state index contributed by atoms with van der Waals surface area (Å²) >= 11 is 0. The summed E-state index contributed by atoms with van der Waals surface area (Å²) in [5.74, 6) is 0.259. The fourth-order valence-corrected chi connectivity index (χ4v) is 2.20. The number of anilines is 1. The number of fused-ring (bicyclic) bond motifs is 1. The van der Waals surface area contributed by atoms with Crippen molar-refractivity contribution in [2.45, 2.75) is 6.42 Å². The van der Waals surface area contributed by atoms with Crippen LogP contribution in [-0.2, 0) is 4.79 Å². The minimum absolute atomic E-state index is 0.170. The maximum atomic E-state index is 12.1. The van der Waals surface area contributed by atoms with Gasteiger partial charge in [0.25, 0.3) is 5.91 Å². The molecule has 0 atom stereocenters. The van der Waals surface area contributed by atoms with Crippen LogP contribution in [0.3, 0.4) is 0 Å². The Balaban J connectivity index is 1.89. The molecule has 0 radical (unpaired) electrons. The smallest absolute Gasteiger partial charge is 0.290 e. The Hall–Kier alpha value is -2.36. The quantitative estimate of drug-likeness (QED) is 0.861. The lowest BCUT2D eigenvalue weighted by Crippen LogP contribution is -2.39. The lowest BCUT2D eigenvalue weighted by Gasteiger charge is -2.15. The molecular weight excluding hydrogens is 238 g/mol. The first-order valence-electron chi connectivity index (χ1n) is 6.42. The zero-order chi connectivity index (χ0) is 13.1. The van der Waals surface area contributed by atoms with E-state index in [0.29, 0.717) is 12.4 Å². The molecule has 0 fully saturated rings. The number of rotatable bonds is 2. The standard InChI is InChI=1S/C15H15N3O/c19-15(14-16-9-4-10-17-14)18-13-8-3-6-11-5-1-2-7-12(11)13/h1-3,5-8H,4,9-10H2,(H,16,17)(H,18,19). The van der Waals surface area contributed by atoms with Gasteiger partial charge in [-0.05, 0) is 17.9 Å². The highest BCUT2D eigenvalue weighted by molar-refractivity contribution is 6.42. The van der Waals surface area contributed by atoms with E-state index in [1.54, 1.807) is 0 Å². The van der Waals surface area contributed by atoms with Crippen LogP contribution in [0.5, 0.6) is 0 Å².